The van der Waals surface area contributed by atoms with E-state index in [1.807, 2.05) is 23.6 Å². The number of hydrogen-bond acceptors (Lipinski definition) is 5. The van der Waals surface area contributed by atoms with Gasteiger partial charge in [0, 0.05) is 6.20 Å². The summed E-state index contributed by atoms with van der Waals surface area (Å²) in [6, 6.07) is 8.98. The Hall–Kier alpha value is -3.68. The van der Waals surface area contributed by atoms with Crippen LogP contribution in [-0.2, 0) is 6.54 Å². The Kier molecular flexibility index (Phi) is 4.69. The van der Waals surface area contributed by atoms with E-state index in [0.717, 1.165) is 31.2 Å². The molecule has 3 N–H and O–H groups in total. The van der Waals surface area contributed by atoms with Crippen molar-refractivity contribution in [3.63, 3.8) is 0 Å². The summed E-state index contributed by atoms with van der Waals surface area (Å²) in [5.74, 6) is 0.621. The van der Waals surface area contributed by atoms with Crippen molar-refractivity contribution in [3.05, 3.63) is 70.0 Å². The van der Waals surface area contributed by atoms with Gasteiger partial charge in [-0.1, -0.05) is 11.1 Å². The molecule has 4 aromatic rings. The van der Waals surface area contributed by atoms with E-state index < -0.39 is 0 Å². The van der Waals surface area contributed by atoms with Crippen molar-refractivity contribution < 1.29 is 13.8 Å². The van der Waals surface area contributed by atoms with Crippen LogP contribution in [0.1, 0.15) is 53.4 Å². The molecule has 1 amide bonds. The number of nitrogens with two attached hydrogens (primary N) is 1. The van der Waals surface area contributed by atoms with Crippen LogP contribution in [0.3, 0.4) is 0 Å². The zero-order chi connectivity index (χ0) is 21.5. The highest BCUT2D eigenvalue weighted by molar-refractivity contribution is 6.00. The second kappa shape index (κ2) is 7.54. The number of carbonyl (C=O) groups is 1. The average molecular weight is 418 g/mol. The first-order chi connectivity index (χ1) is 15.0. The summed E-state index contributed by atoms with van der Waals surface area (Å²) < 4.78 is 8.71. The maximum atomic E-state index is 13.4. The number of rotatable bonds is 4. The van der Waals surface area contributed by atoms with E-state index in [-0.39, 0.29) is 29.6 Å². The normalized spacial score (nSPS) is 14.5. The van der Waals surface area contributed by atoms with E-state index in [1.165, 1.54) is 4.40 Å². The van der Waals surface area contributed by atoms with Gasteiger partial charge in [0.15, 0.2) is 0 Å². The van der Waals surface area contributed by atoms with Gasteiger partial charge in [-0.05, 0) is 62.4 Å². The molecule has 158 valence electrons. The maximum absolute atomic E-state index is 13.4. The topological polar surface area (TPSA) is 107 Å². The van der Waals surface area contributed by atoms with E-state index in [1.54, 1.807) is 30.7 Å². The predicted octanol–water partition coefficient (Wildman–Crippen LogP) is 2.66. The zero-order valence-corrected chi connectivity index (χ0v) is 17.3. The van der Waals surface area contributed by atoms with Crippen molar-refractivity contribution in [1.82, 2.24) is 14.7 Å². The summed E-state index contributed by atoms with van der Waals surface area (Å²) in [6.07, 6.45) is 7.36. The van der Waals surface area contributed by atoms with Crippen molar-refractivity contribution in [3.8, 4) is 0 Å². The Morgan fingerprint density at radius 1 is 1.32 bits per heavy atom. The van der Waals surface area contributed by atoms with Crippen molar-refractivity contribution in [2.45, 2.75) is 45.2 Å². The smallest absolute Gasteiger partial charge is 0.278 e. The molecule has 0 unspecified atom stereocenters. The Labute approximate surface area is 178 Å². The second-order valence-corrected chi connectivity index (χ2v) is 8.10. The van der Waals surface area contributed by atoms with Gasteiger partial charge in [0.2, 0.25) is 11.5 Å². The minimum atomic E-state index is -0.351. The minimum Gasteiger partial charge on any atom is -0.467 e. The Bertz CT molecular complexity index is 1350. The Morgan fingerprint density at radius 2 is 2.13 bits per heavy atom. The fraction of sp³-hybridized carbons (Fsp3) is 0.304. The number of aromatic nitrogens is 3. The van der Waals surface area contributed by atoms with Crippen LogP contribution in [0.4, 0.5) is 5.82 Å². The molecule has 0 radical (unpaired) electrons. The monoisotopic (exact) mass is 418 g/mol. The highest BCUT2D eigenvalue weighted by Gasteiger charge is 2.30. The number of pyridine rings is 2. The molecular formula is C23H24N5O3+. The van der Waals surface area contributed by atoms with Gasteiger partial charge >= 0.3 is 0 Å². The van der Waals surface area contributed by atoms with Crippen molar-refractivity contribution in [2.24, 2.45) is 0 Å². The summed E-state index contributed by atoms with van der Waals surface area (Å²) >= 11 is 0. The summed E-state index contributed by atoms with van der Waals surface area (Å²) in [5, 5.41) is 3.22. The van der Waals surface area contributed by atoms with Crippen LogP contribution in [0.5, 0.6) is 0 Å². The number of nitrogen functional groups attached to an aromatic ring is 1. The van der Waals surface area contributed by atoms with Crippen LogP contribution in [0.25, 0.3) is 16.7 Å². The average Bonchev–Trinajstić information content (AvgIpc) is 3.47. The number of aryl methyl sites for hydroxylation is 1. The van der Waals surface area contributed by atoms with E-state index in [0.29, 0.717) is 28.3 Å². The van der Waals surface area contributed by atoms with Gasteiger partial charge in [-0.25, -0.2) is 4.57 Å². The van der Waals surface area contributed by atoms with Crippen LogP contribution in [0, 0.1) is 6.92 Å². The SMILES string of the molecule is Cc1ccc2nc3c(cc(C(=O)NCc4ccco4)c(N)[n+]3C3CCCC3)c(=O)n2c1. The number of nitrogens with zero attached hydrogens (tertiary/aromatic N) is 3. The lowest BCUT2D eigenvalue weighted by molar-refractivity contribution is -0.685. The molecule has 1 aliphatic carbocycles. The molecule has 0 atom stereocenters. The number of furan rings is 1. The number of carbonyl (C=O) groups excluding carboxylic acids is 1. The number of amides is 1. The molecule has 0 bridgehead atoms. The molecule has 0 aliphatic heterocycles. The van der Waals surface area contributed by atoms with E-state index in [2.05, 4.69) is 5.32 Å². The van der Waals surface area contributed by atoms with Crippen LogP contribution in [-0.4, -0.2) is 15.3 Å². The number of hydrogen-bond donors (Lipinski definition) is 2. The van der Waals surface area contributed by atoms with Gasteiger partial charge in [-0.3, -0.25) is 14.0 Å². The van der Waals surface area contributed by atoms with Gasteiger partial charge in [-0.2, -0.15) is 0 Å². The first-order valence-electron chi connectivity index (χ1n) is 10.5. The molecule has 4 heterocycles. The molecular weight excluding hydrogens is 394 g/mol. The molecule has 31 heavy (non-hydrogen) atoms. The van der Waals surface area contributed by atoms with E-state index >= 15 is 0 Å². The van der Waals surface area contributed by atoms with Gasteiger partial charge < -0.3 is 15.5 Å². The first-order valence-corrected chi connectivity index (χ1v) is 10.5. The molecule has 8 heteroatoms. The van der Waals surface area contributed by atoms with Crippen LogP contribution < -0.4 is 21.2 Å². The zero-order valence-electron chi connectivity index (χ0n) is 17.3. The minimum absolute atomic E-state index is 0.111. The van der Waals surface area contributed by atoms with E-state index in [4.69, 9.17) is 15.1 Å². The van der Waals surface area contributed by atoms with Gasteiger partial charge in [0.05, 0.1) is 18.8 Å². The highest BCUT2D eigenvalue weighted by Crippen LogP contribution is 2.28. The molecule has 0 saturated heterocycles. The third kappa shape index (κ3) is 3.34. The standard InChI is InChI=1S/C23H23N5O3/c1-14-8-9-19-26-21-18(23(30)27(19)13-14)11-17(20(24)28(21)15-5-2-3-6-15)22(29)25-12-16-7-4-10-31-16/h4,7-11,13,15,24H,2-3,5-6,12H2,1H3,(H,25,29)/p+1. The van der Waals surface area contributed by atoms with Crippen LogP contribution >= 0.6 is 0 Å². The molecule has 1 saturated carbocycles. The largest absolute Gasteiger partial charge is 0.467 e. The molecule has 1 fully saturated rings. The summed E-state index contributed by atoms with van der Waals surface area (Å²) in [6.45, 7) is 2.16. The van der Waals surface area contributed by atoms with Crippen molar-refractivity contribution in [2.75, 3.05) is 5.73 Å². The molecule has 0 aromatic carbocycles. The maximum Gasteiger partial charge on any atom is 0.278 e. The molecule has 4 aromatic heterocycles. The van der Waals surface area contributed by atoms with Gasteiger partial charge in [0.25, 0.3) is 17.1 Å². The summed E-state index contributed by atoms with van der Waals surface area (Å²) in [5.41, 5.74) is 8.63. The quantitative estimate of drug-likeness (QED) is 0.391. The number of fused-ring (bicyclic) bond motifs is 2. The number of nitrogens with one attached hydrogen (secondary N) is 1. The van der Waals surface area contributed by atoms with E-state index in [9.17, 15) is 9.59 Å². The highest BCUT2D eigenvalue weighted by atomic mass is 16.3. The summed E-state index contributed by atoms with van der Waals surface area (Å²) in [4.78, 5) is 31.2. The lowest BCUT2D eigenvalue weighted by Gasteiger charge is -2.16. The summed E-state index contributed by atoms with van der Waals surface area (Å²) in [7, 11) is 0. The number of anilines is 1. The van der Waals surface area contributed by atoms with Gasteiger partial charge in [-0.15, -0.1) is 0 Å². The molecule has 0 spiro atoms. The van der Waals surface area contributed by atoms with Crippen molar-refractivity contribution >= 4 is 28.4 Å². The fourth-order valence-corrected chi connectivity index (χ4v) is 4.41. The fourth-order valence-electron chi connectivity index (χ4n) is 4.41. The Balaban J connectivity index is 1.71. The van der Waals surface area contributed by atoms with Crippen molar-refractivity contribution in [1.29, 1.82) is 0 Å². The predicted molar refractivity (Wildman–Crippen MR) is 116 cm³/mol. The van der Waals surface area contributed by atoms with Crippen LogP contribution in [0.2, 0.25) is 0 Å². The Morgan fingerprint density at radius 3 is 2.87 bits per heavy atom. The third-order valence-electron chi connectivity index (χ3n) is 5.98. The molecule has 1 aliphatic rings. The van der Waals surface area contributed by atoms with Crippen LogP contribution in [0.15, 0.2) is 52.0 Å². The molecule has 8 nitrogen and oxygen atoms in total. The van der Waals surface area contributed by atoms with Gasteiger partial charge in [0.1, 0.15) is 16.7 Å². The second-order valence-electron chi connectivity index (χ2n) is 8.10. The first kappa shape index (κ1) is 19.3. The molecule has 5 rings (SSSR count). The third-order valence-corrected chi connectivity index (χ3v) is 5.98. The lowest BCUT2D eigenvalue weighted by atomic mass is 10.1. The lowest BCUT2D eigenvalue weighted by Crippen LogP contribution is -2.45.